The quantitative estimate of drug-likeness (QED) is 0.391. The summed E-state index contributed by atoms with van der Waals surface area (Å²) in [5.74, 6) is 0.531. The molecule has 156 valence electrons. The highest BCUT2D eigenvalue weighted by molar-refractivity contribution is 5.79. The third-order valence-electron chi connectivity index (χ3n) is 5.10. The largest absolute Gasteiger partial charge is 0.504 e. The van der Waals surface area contributed by atoms with Gasteiger partial charge < -0.3 is 24.5 Å². The molecular weight excluding hydrogens is 368 g/mol. The van der Waals surface area contributed by atoms with Crippen LogP contribution in [-0.4, -0.2) is 31.7 Å². The van der Waals surface area contributed by atoms with Crippen LogP contribution in [0.4, 0.5) is 0 Å². The van der Waals surface area contributed by atoms with E-state index in [4.69, 9.17) is 4.74 Å². The van der Waals surface area contributed by atoms with Crippen LogP contribution in [0.5, 0.6) is 11.5 Å². The Morgan fingerprint density at radius 1 is 1.24 bits per heavy atom. The molecule has 0 bridgehead atoms. The van der Waals surface area contributed by atoms with E-state index >= 15 is 0 Å². The molecule has 1 aromatic carbocycles. The van der Waals surface area contributed by atoms with Crippen molar-refractivity contribution >= 4 is 16.7 Å². The van der Waals surface area contributed by atoms with Gasteiger partial charge in [0.15, 0.2) is 18.2 Å². The minimum Gasteiger partial charge on any atom is -0.504 e. The molecule has 3 rings (SSSR count). The number of aromatic nitrogens is 2. The Labute approximate surface area is 171 Å². The maximum Gasteiger partial charge on any atom is 0.165 e. The van der Waals surface area contributed by atoms with Crippen molar-refractivity contribution in [1.82, 2.24) is 9.55 Å². The average Bonchev–Trinajstić information content (AvgIpc) is 3.28. The molecule has 6 nitrogen and oxygen atoms in total. The second kappa shape index (κ2) is 10.2. The highest BCUT2D eigenvalue weighted by atomic mass is 16.5. The number of aliphatic hydroxyl groups is 1. The van der Waals surface area contributed by atoms with E-state index in [1.54, 1.807) is 18.2 Å². The summed E-state index contributed by atoms with van der Waals surface area (Å²) in [5, 5.41) is 21.1. The lowest BCUT2D eigenvalue weighted by atomic mass is 10.0. The summed E-state index contributed by atoms with van der Waals surface area (Å²) in [4.78, 5) is 15.3. The van der Waals surface area contributed by atoms with Crippen molar-refractivity contribution < 1.29 is 19.7 Å². The van der Waals surface area contributed by atoms with Crippen LogP contribution in [0, 0.1) is 0 Å². The van der Waals surface area contributed by atoms with E-state index in [1.807, 2.05) is 29.2 Å². The molecule has 0 radical (unpaired) electrons. The van der Waals surface area contributed by atoms with Gasteiger partial charge in [-0.05, 0) is 36.6 Å². The number of ketones is 1. The first-order valence-electron chi connectivity index (χ1n) is 10.3. The predicted molar refractivity (Wildman–Crippen MR) is 113 cm³/mol. The molecule has 1 atom stereocenters. The molecule has 0 saturated heterocycles. The molecule has 2 aromatic heterocycles. The number of H-pyrrole nitrogens is 1. The number of fused-ring (bicyclic) bond motifs is 1. The molecule has 0 fully saturated rings. The van der Waals surface area contributed by atoms with Gasteiger partial charge in [0.1, 0.15) is 5.78 Å². The lowest BCUT2D eigenvalue weighted by Crippen LogP contribution is -2.14. The number of carbonyl (C=O) groups is 1. The fourth-order valence-electron chi connectivity index (χ4n) is 3.43. The number of nitrogens with zero attached hydrogens (tertiary/aromatic N) is 1. The molecule has 0 aliphatic rings. The van der Waals surface area contributed by atoms with Crippen LogP contribution in [0.1, 0.15) is 51.0 Å². The molecule has 2 heterocycles. The number of nitrogens with one attached hydrogen (secondary N) is 1. The first-order valence-corrected chi connectivity index (χ1v) is 10.3. The molecule has 0 unspecified atom stereocenters. The summed E-state index contributed by atoms with van der Waals surface area (Å²) in [6.07, 6.45) is 10.2. The number of aromatic hydroxyl groups is 1. The van der Waals surface area contributed by atoms with E-state index in [9.17, 15) is 15.0 Å². The van der Waals surface area contributed by atoms with Crippen LogP contribution in [0.3, 0.4) is 0 Å². The number of aromatic amines is 1. The molecule has 3 aromatic rings. The molecule has 0 amide bonds. The second-order valence-corrected chi connectivity index (χ2v) is 7.59. The molecule has 6 heteroatoms. The molecule has 0 saturated carbocycles. The lowest BCUT2D eigenvalue weighted by Gasteiger charge is -2.11. The number of aryl methyl sites for hydroxylation is 1. The molecule has 3 N–H and O–H groups in total. The predicted octanol–water partition coefficient (Wildman–Crippen LogP) is 4.54. The van der Waals surface area contributed by atoms with Gasteiger partial charge in [-0.15, -0.1) is 0 Å². The normalized spacial score (nSPS) is 12.3. The Balaban J connectivity index is 1.49. The summed E-state index contributed by atoms with van der Waals surface area (Å²) in [7, 11) is 0. The number of Topliss-reactive ketones (excluding diaryl/α,β-unsaturated/α-hetero) is 1. The van der Waals surface area contributed by atoms with Gasteiger partial charge in [0.25, 0.3) is 0 Å². The van der Waals surface area contributed by atoms with Crippen LogP contribution in [0.25, 0.3) is 10.9 Å². The minimum absolute atomic E-state index is 0.0620. The molecule has 0 aliphatic carbocycles. The Kier molecular flexibility index (Phi) is 7.36. The first kappa shape index (κ1) is 21.0. The van der Waals surface area contributed by atoms with E-state index in [0.717, 1.165) is 35.7 Å². The summed E-state index contributed by atoms with van der Waals surface area (Å²) < 4.78 is 7.66. The van der Waals surface area contributed by atoms with E-state index in [1.165, 1.54) is 0 Å². The van der Waals surface area contributed by atoms with Crippen molar-refractivity contribution in [3.8, 4) is 11.5 Å². The third kappa shape index (κ3) is 6.12. The van der Waals surface area contributed by atoms with Crippen LogP contribution in [-0.2, 0) is 17.9 Å². The summed E-state index contributed by atoms with van der Waals surface area (Å²) in [6.45, 7) is 2.40. The molecular formula is C23H30N2O4. The number of unbranched alkanes of at least 4 members (excludes halogenated alkanes) is 2. The first-order chi connectivity index (χ1) is 14.0. The van der Waals surface area contributed by atoms with Crippen molar-refractivity contribution in [2.24, 2.45) is 0 Å². The summed E-state index contributed by atoms with van der Waals surface area (Å²) in [5.41, 5.74) is 1.95. The number of benzene rings is 1. The number of phenolic OH excluding ortho intramolecular Hbond substituents is 1. The third-order valence-corrected chi connectivity index (χ3v) is 5.10. The van der Waals surface area contributed by atoms with Crippen LogP contribution in [0.2, 0.25) is 0 Å². The van der Waals surface area contributed by atoms with Crippen molar-refractivity contribution in [2.45, 2.75) is 64.7 Å². The highest BCUT2D eigenvalue weighted by Gasteiger charge is 2.12. The fourth-order valence-corrected chi connectivity index (χ4v) is 3.43. The zero-order valence-corrected chi connectivity index (χ0v) is 16.9. The standard InChI is InChI=1S/C23H30N2O4/c1-2-3-4-5-19(26)13-20(27)8-6-17-7-9-22(28)23(12-17)29-16-25-14-18-10-11-24-21(18)15-25/h7,9-12,14-15,19,24,26,28H,2-6,8,13,16H2,1H3/t19-/m1/s1. The number of ether oxygens (including phenoxy) is 1. The number of carbonyl (C=O) groups excluding carboxylic acids is 1. The van der Waals surface area contributed by atoms with Gasteiger partial charge in [-0.1, -0.05) is 32.3 Å². The van der Waals surface area contributed by atoms with E-state index in [2.05, 4.69) is 11.9 Å². The molecule has 0 spiro atoms. The van der Waals surface area contributed by atoms with Crippen LogP contribution < -0.4 is 4.74 Å². The topological polar surface area (TPSA) is 87.5 Å². The monoisotopic (exact) mass is 398 g/mol. The minimum atomic E-state index is -0.541. The van der Waals surface area contributed by atoms with Gasteiger partial charge >= 0.3 is 0 Å². The van der Waals surface area contributed by atoms with Gasteiger partial charge in [-0.3, -0.25) is 4.79 Å². The number of rotatable bonds is 12. The van der Waals surface area contributed by atoms with Gasteiger partial charge in [-0.25, -0.2) is 0 Å². The summed E-state index contributed by atoms with van der Waals surface area (Å²) >= 11 is 0. The SMILES string of the molecule is CCCCC[C@@H](O)CC(=O)CCc1ccc(O)c(OCn2cc3cc[nH]c3c2)c1. The van der Waals surface area contributed by atoms with Gasteiger partial charge in [0, 0.05) is 36.8 Å². The Hall–Kier alpha value is -2.73. The van der Waals surface area contributed by atoms with E-state index in [0.29, 0.717) is 25.0 Å². The van der Waals surface area contributed by atoms with Gasteiger partial charge in [0.2, 0.25) is 0 Å². The Morgan fingerprint density at radius 2 is 2.10 bits per heavy atom. The van der Waals surface area contributed by atoms with Crippen molar-refractivity contribution in [3.05, 3.63) is 48.4 Å². The zero-order chi connectivity index (χ0) is 20.6. The van der Waals surface area contributed by atoms with Gasteiger partial charge in [0.05, 0.1) is 11.6 Å². The number of hydrogen-bond donors (Lipinski definition) is 3. The highest BCUT2D eigenvalue weighted by Crippen LogP contribution is 2.28. The fraction of sp³-hybridized carbons (Fsp3) is 0.435. The Bertz CT molecular complexity index is 900. The maximum absolute atomic E-state index is 12.1. The van der Waals surface area contributed by atoms with Crippen molar-refractivity contribution in [2.75, 3.05) is 0 Å². The van der Waals surface area contributed by atoms with Crippen molar-refractivity contribution in [1.29, 1.82) is 0 Å². The second-order valence-electron chi connectivity index (χ2n) is 7.59. The van der Waals surface area contributed by atoms with Crippen LogP contribution >= 0.6 is 0 Å². The van der Waals surface area contributed by atoms with Crippen molar-refractivity contribution in [3.63, 3.8) is 0 Å². The maximum atomic E-state index is 12.1. The lowest BCUT2D eigenvalue weighted by molar-refractivity contribution is -0.121. The van der Waals surface area contributed by atoms with E-state index in [-0.39, 0.29) is 24.7 Å². The zero-order valence-electron chi connectivity index (χ0n) is 16.9. The average molecular weight is 399 g/mol. The number of phenols is 1. The van der Waals surface area contributed by atoms with Gasteiger partial charge in [-0.2, -0.15) is 0 Å². The van der Waals surface area contributed by atoms with E-state index < -0.39 is 6.10 Å². The smallest absolute Gasteiger partial charge is 0.165 e. The summed E-state index contributed by atoms with van der Waals surface area (Å²) in [6, 6.07) is 7.15. The number of hydrogen-bond acceptors (Lipinski definition) is 4. The van der Waals surface area contributed by atoms with Crippen LogP contribution in [0.15, 0.2) is 42.9 Å². The molecule has 0 aliphatic heterocycles. The Morgan fingerprint density at radius 3 is 2.90 bits per heavy atom. The molecule has 29 heavy (non-hydrogen) atoms. The number of aliphatic hydroxyl groups excluding tert-OH is 1.